The van der Waals surface area contributed by atoms with E-state index in [0.29, 0.717) is 6.04 Å². The van der Waals surface area contributed by atoms with Crippen LogP contribution in [0.4, 0.5) is 11.4 Å². The van der Waals surface area contributed by atoms with Gasteiger partial charge in [-0.15, -0.1) is 0 Å². The summed E-state index contributed by atoms with van der Waals surface area (Å²) in [6, 6.07) is 17.6. The van der Waals surface area contributed by atoms with E-state index in [2.05, 4.69) is 72.7 Å². The van der Waals surface area contributed by atoms with E-state index >= 15 is 0 Å². The molecule has 110 valence electrons. The Labute approximate surface area is 127 Å². The molecule has 0 heterocycles. The van der Waals surface area contributed by atoms with E-state index in [-0.39, 0.29) is 0 Å². The molecule has 0 aromatic heterocycles. The monoisotopic (exact) mass is 280 g/mol. The Balaban J connectivity index is 2.02. The maximum atomic E-state index is 4.46. The zero-order valence-electron chi connectivity index (χ0n) is 13.4. The van der Waals surface area contributed by atoms with Crippen LogP contribution in [-0.4, -0.2) is 11.8 Å². The van der Waals surface area contributed by atoms with E-state index < -0.39 is 0 Å². The Hall–Kier alpha value is -2.09. The van der Waals surface area contributed by atoms with Gasteiger partial charge in [0.25, 0.3) is 0 Å². The SMILES string of the molecule is CC(C)=Nc1ccc(Cc2ccc(NC(C)C)cc2)cc1. The lowest BCUT2D eigenvalue weighted by molar-refractivity contribution is 0.899. The molecule has 2 aromatic rings. The number of rotatable bonds is 5. The van der Waals surface area contributed by atoms with Crippen LogP contribution in [0.15, 0.2) is 53.5 Å². The maximum Gasteiger partial charge on any atom is 0.0628 e. The van der Waals surface area contributed by atoms with Crippen LogP contribution < -0.4 is 5.32 Å². The Morgan fingerprint density at radius 1 is 0.905 bits per heavy atom. The third kappa shape index (κ3) is 5.07. The lowest BCUT2D eigenvalue weighted by Gasteiger charge is -2.10. The van der Waals surface area contributed by atoms with Crippen molar-refractivity contribution in [2.45, 2.75) is 40.2 Å². The van der Waals surface area contributed by atoms with Crippen LogP contribution >= 0.6 is 0 Å². The summed E-state index contributed by atoms with van der Waals surface area (Å²) in [5.74, 6) is 0. The fourth-order valence-electron chi connectivity index (χ4n) is 2.23. The molecule has 0 fully saturated rings. The largest absolute Gasteiger partial charge is 0.383 e. The fraction of sp³-hybridized carbons (Fsp3) is 0.316. The molecule has 0 aliphatic rings. The molecule has 2 heteroatoms. The third-order valence-electron chi connectivity index (χ3n) is 3.11. The first-order valence-corrected chi connectivity index (χ1v) is 7.49. The van der Waals surface area contributed by atoms with Crippen molar-refractivity contribution in [3.63, 3.8) is 0 Å². The second-order valence-electron chi connectivity index (χ2n) is 5.90. The number of benzene rings is 2. The molecule has 0 saturated heterocycles. The minimum atomic E-state index is 0.464. The second-order valence-corrected chi connectivity index (χ2v) is 5.90. The average Bonchev–Trinajstić information content (AvgIpc) is 2.42. The lowest BCUT2D eigenvalue weighted by atomic mass is 10.0. The van der Waals surface area contributed by atoms with E-state index in [9.17, 15) is 0 Å². The molecule has 0 radical (unpaired) electrons. The number of nitrogens with one attached hydrogen (secondary N) is 1. The zero-order chi connectivity index (χ0) is 15.2. The molecular weight excluding hydrogens is 256 g/mol. The first kappa shape index (κ1) is 15.3. The maximum absolute atomic E-state index is 4.46. The van der Waals surface area contributed by atoms with Gasteiger partial charge < -0.3 is 5.32 Å². The van der Waals surface area contributed by atoms with Crippen molar-refractivity contribution in [2.24, 2.45) is 4.99 Å². The van der Waals surface area contributed by atoms with Gasteiger partial charge in [-0.05, 0) is 69.5 Å². The molecule has 0 bridgehead atoms. The fourth-order valence-corrected chi connectivity index (χ4v) is 2.23. The van der Waals surface area contributed by atoms with E-state index in [4.69, 9.17) is 0 Å². The summed E-state index contributed by atoms with van der Waals surface area (Å²) in [5.41, 5.74) is 5.92. The van der Waals surface area contributed by atoms with Crippen molar-refractivity contribution in [3.05, 3.63) is 59.7 Å². The first-order chi connectivity index (χ1) is 10.0. The van der Waals surface area contributed by atoms with E-state index in [1.54, 1.807) is 0 Å². The summed E-state index contributed by atoms with van der Waals surface area (Å²) < 4.78 is 0. The smallest absolute Gasteiger partial charge is 0.0628 e. The average molecular weight is 280 g/mol. The molecule has 0 amide bonds. The normalized spacial score (nSPS) is 10.5. The summed E-state index contributed by atoms with van der Waals surface area (Å²) >= 11 is 0. The number of nitrogens with zero attached hydrogens (tertiary/aromatic N) is 1. The highest BCUT2D eigenvalue weighted by Gasteiger charge is 1.99. The van der Waals surface area contributed by atoms with Crippen LogP contribution in [0.2, 0.25) is 0 Å². The van der Waals surface area contributed by atoms with Crippen LogP contribution in [0.3, 0.4) is 0 Å². The number of hydrogen-bond acceptors (Lipinski definition) is 2. The summed E-state index contributed by atoms with van der Waals surface area (Å²) in [4.78, 5) is 4.46. The quantitative estimate of drug-likeness (QED) is 0.747. The van der Waals surface area contributed by atoms with Gasteiger partial charge in [0, 0.05) is 17.4 Å². The van der Waals surface area contributed by atoms with Gasteiger partial charge >= 0.3 is 0 Å². The van der Waals surface area contributed by atoms with Gasteiger partial charge in [-0.25, -0.2) is 0 Å². The molecule has 0 unspecified atom stereocenters. The van der Waals surface area contributed by atoms with E-state index in [1.807, 2.05) is 13.8 Å². The van der Waals surface area contributed by atoms with Crippen molar-refractivity contribution in [1.29, 1.82) is 0 Å². The molecule has 0 spiro atoms. The van der Waals surface area contributed by atoms with Crippen molar-refractivity contribution in [2.75, 3.05) is 5.32 Å². The molecule has 0 aliphatic carbocycles. The molecule has 0 aliphatic heterocycles. The van der Waals surface area contributed by atoms with Gasteiger partial charge in [-0.3, -0.25) is 4.99 Å². The molecule has 0 saturated carbocycles. The van der Waals surface area contributed by atoms with E-state index in [1.165, 1.54) is 16.8 Å². The lowest BCUT2D eigenvalue weighted by Crippen LogP contribution is -2.09. The zero-order valence-corrected chi connectivity index (χ0v) is 13.4. The second kappa shape index (κ2) is 7.07. The Bertz CT molecular complexity index is 588. The van der Waals surface area contributed by atoms with Gasteiger partial charge in [-0.1, -0.05) is 24.3 Å². The summed E-state index contributed by atoms with van der Waals surface area (Å²) in [5, 5.41) is 3.41. The van der Waals surface area contributed by atoms with Crippen molar-refractivity contribution in [3.8, 4) is 0 Å². The van der Waals surface area contributed by atoms with Crippen LogP contribution in [0.1, 0.15) is 38.8 Å². The highest BCUT2D eigenvalue weighted by Crippen LogP contribution is 2.17. The molecule has 2 nitrogen and oxygen atoms in total. The van der Waals surface area contributed by atoms with Crippen LogP contribution in [-0.2, 0) is 6.42 Å². The van der Waals surface area contributed by atoms with Crippen molar-refractivity contribution >= 4 is 17.1 Å². The van der Waals surface area contributed by atoms with Gasteiger partial charge in [0.05, 0.1) is 5.69 Å². The summed E-state index contributed by atoms with van der Waals surface area (Å²) in [7, 11) is 0. The highest BCUT2D eigenvalue weighted by molar-refractivity contribution is 5.82. The van der Waals surface area contributed by atoms with Gasteiger partial charge in [-0.2, -0.15) is 0 Å². The standard InChI is InChI=1S/C19H24N2/c1-14(2)20-18-9-5-16(6-10-18)13-17-7-11-19(12-8-17)21-15(3)4/h5-12,14,20H,13H2,1-4H3. The molecule has 21 heavy (non-hydrogen) atoms. The Morgan fingerprint density at radius 3 is 1.90 bits per heavy atom. The Kier molecular flexibility index (Phi) is 5.15. The predicted molar refractivity (Wildman–Crippen MR) is 92.9 cm³/mol. The topological polar surface area (TPSA) is 24.4 Å². The molecular formula is C19H24N2. The number of hydrogen-bond donors (Lipinski definition) is 1. The van der Waals surface area contributed by atoms with Crippen LogP contribution in [0, 0.1) is 0 Å². The van der Waals surface area contributed by atoms with Gasteiger partial charge in [0.15, 0.2) is 0 Å². The summed E-state index contributed by atoms with van der Waals surface area (Å²) in [6.07, 6.45) is 0.955. The van der Waals surface area contributed by atoms with Crippen molar-refractivity contribution < 1.29 is 0 Å². The van der Waals surface area contributed by atoms with Crippen LogP contribution in [0.25, 0.3) is 0 Å². The predicted octanol–water partition coefficient (Wildman–Crippen LogP) is 5.21. The molecule has 2 aromatic carbocycles. The first-order valence-electron chi connectivity index (χ1n) is 7.49. The van der Waals surface area contributed by atoms with Gasteiger partial charge in [0.1, 0.15) is 0 Å². The molecule has 2 rings (SSSR count). The minimum absolute atomic E-state index is 0.464. The third-order valence-corrected chi connectivity index (χ3v) is 3.11. The van der Waals surface area contributed by atoms with Crippen LogP contribution in [0.5, 0.6) is 0 Å². The van der Waals surface area contributed by atoms with Crippen molar-refractivity contribution in [1.82, 2.24) is 0 Å². The highest BCUT2D eigenvalue weighted by atomic mass is 14.9. The Morgan fingerprint density at radius 2 is 1.43 bits per heavy atom. The number of aliphatic imine (C=N–C) groups is 1. The summed E-state index contributed by atoms with van der Waals surface area (Å²) in [6.45, 7) is 8.33. The molecule has 0 atom stereocenters. The molecule has 1 N–H and O–H groups in total. The number of anilines is 1. The van der Waals surface area contributed by atoms with Gasteiger partial charge in [0.2, 0.25) is 0 Å². The van der Waals surface area contributed by atoms with E-state index in [0.717, 1.165) is 17.8 Å². The minimum Gasteiger partial charge on any atom is -0.383 e.